The van der Waals surface area contributed by atoms with E-state index in [1.807, 2.05) is 6.92 Å². The zero-order valence-corrected chi connectivity index (χ0v) is 11.8. The molecule has 6 nitrogen and oxygen atoms in total. The minimum absolute atomic E-state index is 0.0114. The van der Waals surface area contributed by atoms with Crippen LogP contribution in [0, 0.1) is 5.82 Å². The lowest BCUT2D eigenvalue weighted by Crippen LogP contribution is -2.17. The van der Waals surface area contributed by atoms with E-state index in [1.165, 1.54) is 6.33 Å². The van der Waals surface area contributed by atoms with Crippen molar-refractivity contribution in [2.45, 2.75) is 13.3 Å². The van der Waals surface area contributed by atoms with Gasteiger partial charge in [-0.05, 0) is 18.6 Å². The van der Waals surface area contributed by atoms with Gasteiger partial charge in [0.05, 0.1) is 5.69 Å². The summed E-state index contributed by atoms with van der Waals surface area (Å²) in [6.45, 7) is 1.83. The van der Waals surface area contributed by atoms with Crippen LogP contribution < -0.4 is 10.6 Å². The molecule has 0 saturated heterocycles. The molecular formula is C14H16FN5O. The van der Waals surface area contributed by atoms with Crippen LogP contribution in [0.15, 0.2) is 35.7 Å². The van der Waals surface area contributed by atoms with Crippen molar-refractivity contribution in [1.29, 1.82) is 0 Å². The van der Waals surface area contributed by atoms with Crippen molar-refractivity contribution < 1.29 is 9.60 Å². The van der Waals surface area contributed by atoms with Gasteiger partial charge in [0.2, 0.25) is 0 Å². The van der Waals surface area contributed by atoms with Crippen LogP contribution in [0.4, 0.5) is 15.9 Å². The van der Waals surface area contributed by atoms with E-state index in [4.69, 9.17) is 10.9 Å². The average molecular weight is 289 g/mol. The van der Waals surface area contributed by atoms with Gasteiger partial charge < -0.3 is 15.8 Å². The normalized spacial score (nSPS) is 11.5. The van der Waals surface area contributed by atoms with Crippen LogP contribution in [0.5, 0.6) is 0 Å². The number of rotatable bonds is 4. The highest BCUT2D eigenvalue weighted by molar-refractivity contribution is 5.97. The predicted octanol–water partition coefficient (Wildman–Crippen LogP) is 2.04. The number of amidine groups is 1. The third kappa shape index (κ3) is 2.91. The first-order chi connectivity index (χ1) is 10.1. The van der Waals surface area contributed by atoms with Gasteiger partial charge >= 0.3 is 0 Å². The van der Waals surface area contributed by atoms with Crippen LogP contribution in [0.25, 0.3) is 0 Å². The Morgan fingerprint density at radius 1 is 1.43 bits per heavy atom. The molecule has 0 aliphatic carbocycles. The molecule has 0 spiro atoms. The Balaban J connectivity index is 2.43. The molecular weight excluding hydrogens is 273 g/mol. The van der Waals surface area contributed by atoms with Crippen LogP contribution in [-0.2, 0) is 6.42 Å². The summed E-state index contributed by atoms with van der Waals surface area (Å²) in [5, 5.41) is 11.7. The van der Waals surface area contributed by atoms with E-state index < -0.39 is 5.82 Å². The topological polar surface area (TPSA) is 87.6 Å². The van der Waals surface area contributed by atoms with Gasteiger partial charge in [0.25, 0.3) is 0 Å². The second-order valence-electron chi connectivity index (χ2n) is 4.41. The quantitative estimate of drug-likeness (QED) is 0.389. The number of nitrogens with zero attached hydrogens (tertiary/aromatic N) is 4. The van der Waals surface area contributed by atoms with Crippen molar-refractivity contribution in [3.63, 3.8) is 0 Å². The van der Waals surface area contributed by atoms with E-state index in [2.05, 4.69) is 15.1 Å². The fourth-order valence-electron chi connectivity index (χ4n) is 1.93. The fourth-order valence-corrected chi connectivity index (χ4v) is 1.93. The Morgan fingerprint density at radius 2 is 2.19 bits per heavy atom. The Morgan fingerprint density at radius 3 is 2.86 bits per heavy atom. The number of nitrogens with two attached hydrogens (primary N) is 1. The molecule has 0 fully saturated rings. The number of hydrogen-bond donors (Lipinski definition) is 2. The maximum atomic E-state index is 14.3. The Labute approximate surface area is 121 Å². The van der Waals surface area contributed by atoms with Gasteiger partial charge in [-0.25, -0.2) is 14.4 Å². The lowest BCUT2D eigenvalue weighted by Gasteiger charge is -2.20. The molecule has 1 aromatic heterocycles. The molecule has 0 amide bonds. The summed E-state index contributed by atoms with van der Waals surface area (Å²) in [7, 11) is 1.69. The first-order valence-electron chi connectivity index (χ1n) is 6.39. The number of aromatic nitrogens is 2. The lowest BCUT2D eigenvalue weighted by molar-refractivity contribution is 0.318. The summed E-state index contributed by atoms with van der Waals surface area (Å²) in [4.78, 5) is 9.48. The molecule has 0 aliphatic heterocycles. The van der Waals surface area contributed by atoms with E-state index in [0.717, 1.165) is 0 Å². The molecule has 110 valence electrons. The number of oxime groups is 1. The summed E-state index contributed by atoms with van der Waals surface area (Å²) in [6.07, 6.45) is 1.82. The highest BCUT2D eigenvalue weighted by Crippen LogP contribution is 2.25. The zero-order chi connectivity index (χ0) is 15.4. The SMILES string of the molecule is CCc1ncnc(N(C)c2cccc(/C(N)=N/O)c2)c1F. The molecule has 0 aliphatic rings. The van der Waals surface area contributed by atoms with Crippen LogP contribution in [0.1, 0.15) is 18.2 Å². The van der Waals surface area contributed by atoms with Crippen LogP contribution >= 0.6 is 0 Å². The van der Waals surface area contributed by atoms with Crippen molar-refractivity contribution in [2.24, 2.45) is 10.9 Å². The largest absolute Gasteiger partial charge is 0.409 e. The number of hydrogen-bond acceptors (Lipinski definition) is 5. The maximum Gasteiger partial charge on any atom is 0.187 e. The van der Waals surface area contributed by atoms with Gasteiger partial charge in [-0.2, -0.15) is 0 Å². The molecule has 2 rings (SSSR count). The van der Waals surface area contributed by atoms with E-state index in [0.29, 0.717) is 23.4 Å². The summed E-state index contributed by atoms with van der Waals surface area (Å²) in [5.74, 6) is -0.280. The van der Waals surface area contributed by atoms with Gasteiger partial charge in [0.1, 0.15) is 6.33 Å². The summed E-state index contributed by atoms with van der Waals surface area (Å²) in [5.41, 5.74) is 7.12. The van der Waals surface area contributed by atoms with Crippen molar-refractivity contribution >= 4 is 17.3 Å². The first-order valence-corrected chi connectivity index (χ1v) is 6.39. The van der Waals surface area contributed by atoms with E-state index >= 15 is 0 Å². The summed E-state index contributed by atoms with van der Waals surface area (Å²) in [6, 6.07) is 6.89. The van der Waals surface area contributed by atoms with E-state index in [-0.39, 0.29) is 11.7 Å². The molecule has 3 N–H and O–H groups in total. The van der Waals surface area contributed by atoms with Crippen molar-refractivity contribution in [2.75, 3.05) is 11.9 Å². The van der Waals surface area contributed by atoms with Crippen molar-refractivity contribution in [1.82, 2.24) is 9.97 Å². The molecule has 0 atom stereocenters. The van der Waals surface area contributed by atoms with Gasteiger partial charge in [0, 0.05) is 18.3 Å². The van der Waals surface area contributed by atoms with Crippen molar-refractivity contribution in [3.05, 3.63) is 47.7 Å². The third-order valence-corrected chi connectivity index (χ3v) is 3.13. The van der Waals surface area contributed by atoms with Crippen LogP contribution in [-0.4, -0.2) is 28.1 Å². The van der Waals surface area contributed by atoms with E-state index in [1.54, 1.807) is 36.2 Å². The monoisotopic (exact) mass is 289 g/mol. The highest BCUT2D eigenvalue weighted by atomic mass is 19.1. The molecule has 7 heteroatoms. The average Bonchev–Trinajstić information content (AvgIpc) is 2.53. The second kappa shape index (κ2) is 6.17. The molecule has 0 saturated carbocycles. The molecule has 21 heavy (non-hydrogen) atoms. The van der Waals surface area contributed by atoms with Gasteiger partial charge in [-0.15, -0.1) is 0 Å². The molecule has 2 aromatic rings. The molecule has 0 bridgehead atoms. The highest BCUT2D eigenvalue weighted by Gasteiger charge is 2.15. The minimum Gasteiger partial charge on any atom is -0.409 e. The molecule has 1 heterocycles. The number of halogens is 1. The number of benzene rings is 1. The van der Waals surface area contributed by atoms with Crippen LogP contribution in [0.3, 0.4) is 0 Å². The van der Waals surface area contributed by atoms with Crippen LogP contribution in [0.2, 0.25) is 0 Å². The molecule has 1 aromatic carbocycles. The maximum absolute atomic E-state index is 14.3. The standard InChI is InChI=1S/C14H16FN5O/c1-3-11-12(15)14(18-8-17-11)20(2)10-6-4-5-9(7-10)13(16)19-21/h4-8,21H,3H2,1-2H3,(H2,16,19). The Kier molecular flexibility index (Phi) is 4.32. The third-order valence-electron chi connectivity index (χ3n) is 3.13. The minimum atomic E-state index is -0.447. The Hall–Kier alpha value is -2.70. The lowest BCUT2D eigenvalue weighted by atomic mass is 10.1. The second-order valence-corrected chi connectivity index (χ2v) is 4.41. The summed E-state index contributed by atoms with van der Waals surface area (Å²) < 4.78 is 14.3. The predicted molar refractivity (Wildman–Crippen MR) is 78.4 cm³/mol. The van der Waals surface area contributed by atoms with Gasteiger partial charge in [-0.3, -0.25) is 0 Å². The number of aryl methyl sites for hydroxylation is 1. The number of anilines is 2. The smallest absolute Gasteiger partial charge is 0.187 e. The Bertz CT molecular complexity index is 674. The first kappa shape index (κ1) is 14.7. The van der Waals surface area contributed by atoms with Crippen molar-refractivity contribution in [3.8, 4) is 0 Å². The molecule has 0 unspecified atom stereocenters. The molecule has 0 radical (unpaired) electrons. The van der Waals surface area contributed by atoms with Gasteiger partial charge in [-0.1, -0.05) is 24.2 Å². The van der Waals surface area contributed by atoms with Gasteiger partial charge in [0.15, 0.2) is 17.5 Å². The zero-order valence-electron chi connectivity index (χ0n) is 11.8. The summed E-state index contributed by atoms with van der Waals surface area (Å²) >= 11 is 0. The fraction of sp³-hybridized carbons (Fsp3) is 0.214. The van der Waals surface area contributed by atoms with E-state index in [9.17, 15) is 4.39 Å².